The van der Waals surface area contributed by atoms with Gasteiger partial charge in [-0.3, -0.25) is 9.69 Å². The number of rotatable bonds is 7. The van der Waals surface area contributed by atoms with Gasteiger partial charge in [-0.2, -0.15) is 5.26 Å². The molecule has 0 bridgehead atoms. The predicted octanol–water partition coefficient (Wildman–Crippen LogP) is 4.95. The van der Waals surface area contributed by atoms with Crippen LogP contribution in [0.4, 0.5) is 5.69 Å². The van der Waals surface area contributed by atoms with E-state index in [1.807, 2.05) is 12.1 Å². The summed E-state index contributed by atoms with van der Waals surface area (Å²) in [4.78, 5) is 18.3. The van der Waals surface area contributed by atoms with Gasteiger partial charge in [0.25, 0.3) is 5.91 Å². The topological polar surface area (TPSA) is 80.6 Å². The molecule has 2 aliphatic heterocycles. The quantitative estimate of drug-likeness (QED) is 0.496. The van der Waals surface area contributed by atoms with Gasteiger partial charge in [0.05, 0.1) is 10.6 Å². The number of carbonyl (C=O) groups is 1. The number of nitrogens with zero attached hydrogens (tertiary/aromatic N) is 3. The summed E-state index contributed by atoms with van der Waals surface area (Å²) in [6.07, 6.45) is 2.45. The van der Waals surface area contributed by atoms with Crippen LogP contribution in [0.3, 0.4) is 0 Å². The lowest BCUT2D eigenvalue weighted by Gasteiger charge is -2.63. The monoisotopic (exact) mass is 563 g/mol. The zero-order chi connectivity index (χ0) is 28.5. The minimum atomic E-state index is -0.298. The Balaban J connectivity index is 1.15. The third kappa shape index (κ3) is 5.81. The normalized spacial score (nSPS) is 24.6. The van der Waals surface area contributed by atoms with Gasteiger partial charge in [0.15, 0.2) is 0 Å². The Morgan fingerprint density at radius 1 is 1.05 bits per heavy atom. The molecule has 2 aromatic rings. The number of hydrogen-bond acceptors (Lipinski definition) is 6. The van der Waals surface area contributed by atoms with Crippen LogP contribution in [0.2, 0.25) is 5.02 Å². The number of nitriles is 1. The van der Waals surface area contributed by atoms with Gasteiger partial charge < -0.3 is 20.3 Å². The fourth-order valence-electron chi connectivity index (χ4n) is 7.25. The number of benzene rings is 2. The van der Waals surface area contributed by atoms with Crippen LogP contribution < -0.4 is 20.3 Å². The Kier molecular flexibility index (Phi) is 8.33. The lowest BCUT2D eigenvalue weighted by Crippen LogP contribution is -2.74. The van der Waals surface area contributed by atoms with E-state index in [0.29, 0.717) is 21.9 Å². The number of ether oxygens (including phenoxy) is 1. The van der Waals surface area contributed by atoms with Crippen LogP contribution in [0.25, 0.3) is 0 Å². The van der Waals surface area contributed by atoms with E-state index in [0.717, 1.165) is 45.2 Å². The fourth-order valence-corrected chi connectivity index (χ4v) is 7.46. The molecule has 1 aliphatic carbocycles. The van der Waals surface area contributed by atoms with Gasteiger partial charge in [-0.25, -0.2) is 0 Å². The maximum absolute atomic E-state index is 13.3. The first kappa shape index (κ1) is 28.7. The van der Waals surface area contributed by atoms with E-state index in [1.54, 1.807) is 18.2 Å². The van der Waals surface area contributed by atoms with Crippen molar-refractivity contribution < 1.29 is 9.53 Å². The van der Waals surface area contributed by atoms with Gasteiger partial charge in [-0.15, -0.1) is 0 Å². The molecule has 5 rings (SSSR count). The summed E-state index contributed by atoms with van der Waals surface area (Å²) in [7, 11) is 0. The average Bonchev–Trinajstić information content (AvgIpc) is 2.95. The molecular weight excluding hydrogens is 522 g/mol. The zero-order valence-electron chi connectivity index (χ0n) is 24.2. The van der Waals surface area contributed by atoms with E-state index in [1.165, 1.54) is 25.1 Å². The molecule has 0 unspecified atom stereocenters. The Labute approximate surface area is 243 Å². The second kappa shape index (κ2) is 11.6. The van der Waals surface area contributed by atoms with E-state index in [9.17, 15) is 4.79 Å². The molecule has 0 atom stereocenters. The first-order chi connectivity index (χ1) is 19.1. The molecule has 3 aliphatic rings. The summed E-state index contributed by atoms with van der Waals surface area (Å²) in [5.74, 6) is 1.39. The van der Waals surface area contributed by atoms with Gasteiger partial charge in [0.1, 0.15) is 17.9 Å². The summed E-state index contributed by atoms with van der Waals surface area (Å²) in [5.41, 5.74) is 1.67. The van der Waals surface area contributed by atoms with Crippen molar-refractivity contribution in [3.8, 4) is 11.8 Å². The van der Waals surface area contributed by atoms with Crippen molar-refractivity contribution in [1.29, 1.82) is 5.26 Å². The second-order valence-corrected chi connectivity index (χ2v) is 13.2. The molecule has 2 saturated heterocycles. The average molecular weight is 564 g/mol. The molecule has 3 fully saturated rings. The molecule has 2 N–H and O–H groups in total. The van der Waals surface area contributed by atoms with Gasteiger partial charge in [-0.05, 0) is 68.2 Å². The molecule has 1 saturated carbocycles. The van der Waals surface area contributed by atoms with E-state index in [4.69, 9.17) is 21.6 Å². The van der Waals surface area contributed by atoms with Crippen molar-refractivity contribution >= 4 is 23.2 Å². The highest BCUT2D eigenvalue weighted by atomic mass is 35.5. The number of halogens is 1. The highest BCUT2D eigenvalue weighted by molar-refractivity contribution is 6.31. The maximum atomic E-state index is 13.3. The molecule has 2 heterocycles. The number of anilines is 1. The van der Waals surface area contributed by atoms with Crippen molar-refractivity contribution in [2.75, 3.05) is 50.7 Å². The van der Waals surface area contributed by atoms with Crippen LogP contribution in [0, 0.1) is 28.1 Å². The molecular formula is C32H42ClN5O2. The summed E-state index contributed by atoms with van der Waals surface area (Å²) in [6.45, 7) is 16.2. The highest BCUT2D eigenvalue weighted by Crippen LogP contribution is 2.55. The van der Waals surface area contributed by atoms with Crippen molar-refractivity contribution in [3.05, 3.63) is 58.6 Å². The van der Waals surface area contributed by atoms with Crippen LogP contribution in [0.1, 0.15) is 56.5 Å². The van der Waals surface area contributed by atoms with Crippen molar-refractivity contribution in [1.82, 2.24) is 15.5 Å². The van der Waals surface area contributed by atoms with E-state index < -0.39 is 0 Å². The molecule has 214 valence electrons. The number of piperidine rings is 1. The van der Waals surface area contributed by atoms with Crippen LogP contribution in [-0.4, -0.2) is 68.8 Å². The summed E-state index contributed by atoms with van der Waals surface area (Å²) in [6, 6.07) is 15.2. The largest absolute Gasteiger partial charge is 0.489 e. The Morgan fingerprint density at radius 2 is 1.70 bits per heavy atom. The van der Waals surface area contributed by atoms with Crippen LogP contribution in [0.5, 0.6) is 5.75 Å². The van der Waals surface area contributed by atoms with Crippen molar-refractivity contribution in [2.45, 2.75) is 52.7 Å². The first-order valence-electron chi connectivity index (χ1n) is 14.5. The molecule has 2 aromatic carbocycles. The lowest BCUT2D eigenvalue weighted by molar-refractivity contribution is -0.164. The van der Waals surface area contributed by atoms with Crippen molar-refractivity contribution in [2.24, 2.45) is 16.7 Å². The smallest absolute Gasteiger partial charge is 0.251 e. The Bertz CT molecular complexity index is 1220. The van der Waals surface area contributed by atoms with Gasteiger partial charge >= 0.3 is 0 Å². The molecule has 0 radical (unpaired) electrons. The van der Waals surface area contributed by atoms with Crippen molar-refractivity contribution in [3.63, 3.8) is 0 Å². The van der Waals surface area contributed by atoms with Gasteiger partial charge in [0.2, 0.25) is 0 Å². The Morgan fingerprint density at radius 3 is 2.30 bits per heavy atom. The van der Waals surface area contributed by atoms with E-state index >= 15 is 0 Å². The highest BCUT2D eigenvalue weighted by Gasteiger charge is 2.64. The number of carbonyl (C=O) groups excluding carboxylic acids is 1. The second-order valence-electron chi connectivity index (χ2n) is 12.8. The maximum Gasteiger partial charge on any atom is 0.251 e. The molecule has 1 amide bonds. The molecule has 40 heavy (non-hydrogen) atoms. The van der Waals surface area contributed by atoms with E-state index in [2.05, 4.69) is 66.3 Å². The van der Waals surface area contributed by atoms with Crippen LogP contribution in [-0.2, 0) is 0 Å². The lowest BCUT2D eigenvalue weighted by atomic mass is 9.49. The molecule has 0 spiro atoms. The third-order valence-electron chi connectivity index (χ3n) is 9.27. The van der Waals surface area contributed by atoms with Crippen LogP contribution >= 0.6 is 11.6 Å². The van der Waals surface area contributed by atoms with E-state index in [-0.39, 0.29) is 28.9 Å². The number of nitrogens with one attached hydrogen (secondary N) is 2. The minimum absolute atomic E-state index is 0.0654. The van der Waals surface area contributed by atoms with Crippen LogP contribution in [0.15, 0.2) is 42.5 Å². The summed E-state index contributed by atoms with van der Waals surface area (Å²) in [5, 5.41) is 16.3. The Hall–Kier alpha value is -2.79. The SMILES string of the molecule is CC1(C)[C@H](NC(=O)c2ccc(N3CCN(CC4CCNCC4)CC3)cc2)C(C)(C)[C@H]1Oc1ccc(C#N)c(Cl)c1. The summed E-state index contributed by atoms with van der Waals surface area (Å²) < 4.78 is 6.35. The molecule has 0 aromatic heterocycles. The fraction of sp³-hybridized carbons (Fsp3) is 0.562. The standard InChI is InChI=1S/C32H42ClN5O2/c1-31(2)29(32(3,4)30(31)40-26-10-7-24(20-34)27(33)19-26)36-28(39)23-5-8-25(9-6-23)38-17-15-37(16-18-38)21-22-11-13-35-14-12-22/h5-10,19,22,29-30,35H,11-18,21H2,1-4H3,(H,36,39)/t29-,30-. The minimum Gasteiger partial charge on any atom is -0.489 e. The number of amides is 1. The first-order valence-corrected chi connectivity index (χ1v) is 14.9. The third-order valence-corrected chi connectivity index (χ3v) is 9.58. The number of piperazine rings is 1. The zero-order valence-corrected chi connectivity index (χ0v) is 24.9. The molecule has 7 nitrogen and oxygen atoms in total. The predicted molar refractivity (Wildman–Crippen MR) is 160 cm³/mol. The molecule has 8 heteroatoms. The van der Waals surface area contributed by atoms with Gasteiger partial charge in [-0.1, -0.05) is 39.3 Å². The number of hydrogen-bond donors (Lipinski definition) is 2. The van der Waals surface area contributed by atoms with Gasteiger partial charge in [0, 0.05) is 66.9 Å². The summed E-state index contributed by atoms with van der Waals surface area (Å²) >= 11 is 6.22.